The molecule has 2 bridgehead atoms. The third-order valence-corrected chi connectivity index (χ3v) is 5.72. The summed E-state index contributed by atoms with van der Waals surface area (Å²) in [6.45, 7) is 3.73. The van der Waals surface area contributed by atoms with Gasteiger partial charge in [-0.15, -0.1) is 0 Å². The highest BCUT2D eigenvalue weighted by molar-refractivity contribution is 5.90. The summed E-state index contributed by atoms with van der Waals surface area (Å²) in [5.74, 6) is 0.504. The van der Waals surface area contributed by atoms with E-state index in [-0.39, 0.29) is 23.7 Å². The predicted octanol–water partition coefficient (Wildman–Crippen LogP) is 1.96. The monoisotopic (exact) mass is 389 g/mol. The van der Waals surface area contributed by atoms with E-state index >= 15 is 0 Å². The van der Waals surface area contributed by atoms with E-state index in [9.17, 15) is 9.59 Å². The molecule has 148 valence electrons. The number of hydrogen-bond acceptors (Lipinski definition) is 5. The van der Waals surface area contributed by atoms with Crippen LogP contribution in [0.3, 0.4) is 0 Å². The molecular formula is C22H23N5O2. The second-order valence-electron chi connectivity index (χ2n) is 7.84. The molecule has 0 N–H and O–H groups in total. The van der Waals surface area contributed by atoms with E-state index in [0.717, 1.165) is 17.7 Å². The van der Waals surface area contributed by atoms with Gasteiger partial charge in [0.1, 0.15) is 0 Å². The van der Waals surface area contributed by atoms with Gasteiger partial charge in [-0.3, -0.25) is 9.59 Å². The summed E-state index contributed by atoms with van der Waals surface area (Å²) in [6.07, 6.45) is 3.64. The summed E-state index contributed by atoms with van der Waals surface area (Å²) in [5, 5.41) is 8.88. The van der Waals surface area contributed by atoms with E-state index in [1.54, 1.807) is 29.3 Å². The van der Waals surface area contributed by atoms with Crippen LogP contribution in [0, 0.1) is 24.2 Å². The minimum atomic E-state index is -0.157. The zero-order valence-electron chi connectivity index (χ0n) is 16.4. The predicted molar refractivity (Wildman–Crippen MR) is 106 cm³/mol. The number of aromatic nitrogens is 2. The number of aryl methyl sites for hydroxylation is 2. The number of piperidine rings is 1. The number of hydrogen-bond donors (Lipinski definition) is 0. The maximum Gasteiger partial charge on any atom is 0.291 e. The number of rotatable bonds is 4. The summed E-state index contributed by atoms with van der Waals surface area (Å²) in [5.41, 5.74) is 2.44. The van der Waals surface area contributed by atoms with Gasteiger partial charge in [-0.05, 0) is 49.4 Å². The largest absolute Gasteiger partial charge is 0.338 e. The minimum absolute atomic E-state index is 0.0657. The summed E-state index contributed by atoms with van der Waals surface area (Å²) in [4.78, 5) is 37.7. The quantitative estimate of drug-likeness (QED) is 0.797. The highest BCUT2D eigenvalue weighted by Crippen LogP contribution is 2.31. The summed E-state index contributed by atoms with van der Waals surface area (Å²) in [7, 11) is 0. The topological polar surface area (TPSA) is 90.2 Å². The van der Waals surface area contributed by atoms with E-state index in [2.05, 4.69) is 16.0 Å². The highest BCUT2D eigenvalue weighted by Gasteiger charge is 2.42. The van der Waals surface area contributed by atoms with Gasteiger partial charge < -0.3 is 9.80 Å². The molecule has 1 aromatic heterocycles. The molecule has 3 heterocycles. The number of carbonyl (C=O) groups is 2. The van der Waals surface area contributed by atoms with Crippen molar-refractivity contribution in [2.24, 2.45) is 5.92 Å². The van der Waals surface area contributed by atoms with Gasteiger partial charge >= 0.3 is 0 Å². The Labute approximate surface area is 170 Å². The average molecular weight is 389 g/mol. The van der Waals surface area contributed by atoms with Crippen LogP contribution in [0.5, 0.6) is 0 Å². The maximum absolute atomic E-state index is 12.8. The molecule has 0 spiro atoms. The second-order valence-corrected chi connectivity index (χ2v) is 7.84. The van der Waals surface area contributed by atoms with E-state index < -0.39 is 0 Å². The van der Waals surface area contributed by atoms with Crippen molar-refractivity contribution in [2.75, 3.05) is 19.6 Å². The van der Waals surface area contributed by atoms with Gasteiger partial charge in [0.25, 0.3) is 5.91 Å². The van der Waals surface area contributed by atoms with Gasteiger partial charge in [0.2, 0.25) is 11.7 Å². The van der Waals surface area contributed by atoms with Crippen LogP contribution in [0.15, 0.2) is 36.5 Å². The van der Waals surface area contributed by atoms with Crippen LogP contribution in [0.2, 0.25) is 0 Å². The first-order valence-electron chi connectivity index (χ1n) is 9.91. The first kappa shape index (κ1) is 19.1. The van der Waals surface area contributed by atoms with Crippen molar-refractivity contribution >= 4 is 11.8 Å². The summed E-state index contributed by atoms with van der Waals surface area (Å²) in [6, 6.07) is 11.3. The smallest absolute Gasteiger partial charge is 0.291 e. The van der Waals surface area contributed by atoms with Gasteiger partial charge in [-0.2, -0.15) is 5.26 Å². The third kappa shape index (κ3) is 4.11. The van der Waals surface area contributed by atoms with Gasteiger partial charge in [-0.1, -0.05) is 12.1 Å². The molecule has 2 saturated heterocycles. The van der Waals surface area contributed by atoms with Crippen molar-refractivity contribution in [3.05, 3.63) is 59.2 Å². The van der Waals surface area contributed by atoms with Crippen LogP contribution in [0.1, 0.15) is 40.3 Å². The number of carbonyl (C=O) groups excluding carboxylic acids is 2. The number of nitriles is 1. The molecule has 2 unspecified atom stereocenters. The van der Waals surface area contributed by atoms with E-state index in [4.69, 9.17) is 5.26 Å². The van der Waals surface area contributed by atoms with Crippen molar-refractivity contribution in [1.29, 1.82) is 5.26 Å². The van der Waals surface area contributed by atoms with E-state index in [1.165, 1.54) is 0 Å². The third-order valence-electron chi connectivity index (χ3n) is 5.72. The fourth-order valence-corrected chi connectivity index (χ4v) is 4.27. The lowest BCUT2D eigenvalue weighted by molar-refractivity contribution is -0.132. The first-order chi connectivity index (χ1) is 14.0. The zero-order chi connectivity index (χ0) is 20.4. The Morgan fingerprint density at radius 3 is 2.69 bits per heavy atom. The van der Waals surface area contributed by atoms with Crippen molar-refractivity contribution in [2.45, 2.75) is 32.2 Å². The summed E-state index contributed by atoms with van der Waals surface area (Å²) < 4.78 is 0. The highest BCUT2D eigenvalue weighted by atomic mass is 16.2. The molecule has 2 amide bonds. The molecule has 1 aromatic carbocycles. The Morgan fingerprint density at radius 2 is 1.97 bits per heavy atom. The average Bonchev–Trinajstić information content (AvgIpc) is 3.05. The maximum atomic E-state index is 12.8. The number of amides is 2. The van der Waals surface area contributed by atoms with Crippen molar-refractivity contribution < 1.29 is 9.59 Å². The molecule has 2 aliphatic heterocycles. The Kier molecular flexibility index (Phi) is 5.26. The van der Waals surface area contributed by atoms with Gasteiger partial charge in [0.15, 0.2) is 0 Å². The molecule has 29 heavy (non-hydrogen) atoms. The molecule has 4 rings (SSSR count). The lowest BCUT2D eigenvalue weighted by Crippen LogP contribution is -2.46. The lowest BCUT2D eigenvalue weighted by Gasteiger charge is -2.32. The molecule has 0 aliphatic carbocycles. The molecule has 0 radical (unpaired) electrons. The lowest BCUT2D eigenvalue weighted by atomic mass is 10.00. The number of benzene rings is 1. The molecule has 2 atom stereocenters. The fraction of sp³-hybridized carbons (Fsp3) is 0.409. The van der Waals surface area contributed by atoms with Gasteiger partial charge in [-0.25, -0.2) is 9.97 Å². The molecule has 2 aromatic rings. The molecule has 7 nitrogen and oxygen atoms in total. The Morgan fingerprint density at radius 1 is 1.17 bits per heavy atom. The fourth-order valence-electron chi connectivity index (χ4n) is 4.27. The van der Waals surface area contributed by atoms with Gasteiger partial charge in [0.05, 0.1) is 11.6 Å². The van der Waals surface area contributed by atoms with Crippen LogP contribution < -0.4 is 0 Å². The Balaban J connectivity index is 1.36. The van der Waals surface area contributed by atoms with E-state index in [1.807, 2.05) is 24.0 Å². The normalized spacial score (nSPS) is 20.4. The number of likely N-dealkylation sites (tertiary alicyclic amines) is 2. The van der Waals surface area contributed by atoms with Crippen molar-refractivity contribution in [1.82, 2.24) is 19.8 Å². The van der Waals surface area contributed by atoms with Crippen LogP contribution in [-0.4, -0.2) is 57.3 Å². The molecular weight excluding hydrogens is 366 g/mol. The molecule has 0 saturated carbocycles. The number of fused-ring (bicyclic) bond motifs is 2. The minimum Gasteiger partial charge on any atom is -0.338 e. The Bertz CT molecular complexity index is 966. The van der Waals surface area contributed by atoms with Crippen molar-refractivity contribution in [3.63, 3.8) is 0 Å². The molecule has 2 aliphatic rings. The van der Waals surface area contributed by atoms with Crippen LogP contribution in [0.4, 0.5) is 0 Å². The van der Waals surface area contributed by atoms with Crippen LogP contribution in [-0.2, 0) is 11.2 Å². The van der Waals surface area contributed by atoms with Crippen LogP contribution >= 0.6 is 0 Å². The van der Waals surface area contributed by atoms with Crippen molar-refractivity contribution in [3.8, 4) is 6.07 Å². The second kappa shape index (κ2) is 8.00. The molecule has 7 heteroatoms. The SMILES string of the molecule is Cc1ccnc(C(=O)N2CC3CC(C2)N(C(=O)CCc2ccc(C#N)cc2)C3)n1. The van der Waals surface area contributed by atoms with E-state index in [0.29, 0.717) is 44.0 Å². The number of nitrogens with zero attached hydrogens (tertiary/aromatic N) is 5. The zero-order valence-corrected chi connectivity index (χ0v) is 16.4. The van der Waals surface area contributed by atoms with Gasteiger partial charge in [0, 0.05) is 44.0 Å². The molecule has 2 fully saturated rings. The summed E-state index contributed by atoms with van der Waals surface area (Å²) >= 11 is 0. The first-order valence-corrected chi connectivity index (χ1v) is 9.91. The Hall–Kier alpha value is -3.27. The van der Waals surface area contributed by atoms with Crippen LogP contribution in [0.25, 0.3) is 0 Å². The standard InChI is InChI=1S/C22H23N5O2/c1-15-8-9-24-21(25-15)22(29)26-12-18-10-19(14-26)27(13-18)20(28)7-6-16-2-4-17(11-23)5-3-16/h2-5,8-9,18-19H,6-7,10,12-14H2,1H3.